The Kier molecular flexibility index (Phi) is 2.64. The van der Waals surface area contributed by atoms with E-state index in [0.717, 1.165) is 18.9 Å². The molecule has 1 aromatic rings. The smallest absolute Gasteiger partial charge is 0.131 e. The van der Waals surface area contributed by atoms with E-state index in [2.05, 4.69) is 21.8 Å². The number of likely N-dealkylation sites (tertiary alicyclic amines) is 1. The van der Waals surface area contributed by atoms with Crippen molar-refractivity contribution in [2.75, 3.05) is 30.8 Å². The molecule has 0 radical (unpaired) electrons. The predicted octanol–water partition coefficient (Wildman–Crippen LogP) is 1.60. The predicted molar refractivity (Wildman–Crippen MR) is 70.4 cm³/mol. The summed E-state index contributed by atoms with van der Waals surface area (Å²) in [5.74, 6) is 0.979. The molecule has 0 saturated carbocycles. The highest BCUT2D eigenvalue weighted by molar-refractivity contribution is 6.32. The second kappa shape index (κ2) is 4.03. The maximum absolute atomic E-state index is 5.92. The summed E-state index contributed by atoms with van der Waals surface area (Å²) in [7, 11) is 2.19. The highest BCUT2D eigenvalue weighted by Gasteiger charge is 2.39. The molecule has 1 unspecified atom stereocenters. The summed E-state index contributed by atoms with van der Waals surface area (Å²) in [5.41, 5.74) is 6.48. The van der Waals surface area contributed by atoms with Crippen molar-refractivity contribution in [2.45, 2.75) is 24.9 Å². The van der Waals surface area contributed by atoms with Gasteiger partial charge in [0.05, 0.1) is 10.7 Å². The van der Waals surface area contributed by atoms with Crippen LogP contribution in [-0.2, 0) is 0 Å². The van der Waals surface area contributed by atoms with Crippen LogP contribution < -0.4 is 10.6 Å². The molecule has 2 saturated heterocycles. The fourth-order valence-electron chi connectivity index (χ4n) is 3.07. The highest BCUT2D eigenvalue weighted by atomic mass is 35.5. The molecule has 2 aliphatic heterocycles. The number of likely N-dealkylation sites (N-methyl/N-ethyl adjacent to an activating group) is 1. The van der Waals surface area contributed by atoms with Gasteiger partial charge >= 0.3 is 0 Å². The van der Waals surface area contributed by atoms with Crippen LogP contribution in [0.2, 0.25) is 5.02 Å². The lowest BCUT2D eigenvalue weighted by molar-refractivity contribution is 0.264. The van der Waals surface area contributed by atoms with Crippen LogP contribution in [0, 0.1) is 0 Å². The molecular weight excluding hydrogens is 236 g/mol. The molecule has 2 aliphatic rings. The molecular formula is C12H17ClN4. The molecule has 2 bridgehead atoms. The molecule has 92 valence electrons. The van der Waals surface area contributed by atoms with E-state index in [4.69, 9.17) is 17.3 Å². The molecule has 4 nitrogen and oxygen atoms in total. The van der Waals surface area contributed by atoms with Crippen molar-refractivity contribution < 1.29 is 0 Å². The number of hydrogen-bond acceptors (Lipinski definition) is 4. The Morgan fingerprint density at radius 1 is 1.35 bits per heavy atom. The maximum Gasteiger partial charge on any atom is 0.131 e. The maximum atomic E-state index is 5.92. The van der Waals surface area contributed by atoms with Gasteiger partial charge in [0.1, 0.15) is 5.82 Å². The molecule has 3 heterocycles. The SMILES string of the molecule is CN1CC2CC[C@H](C1)N2c1cc(N)c(Cl)cn1. The standard InChI is InChI=1S/C12H17ClN4/c1-16-6-8-2-3-9(7-16)17(8)12-4-11(14)10(13)5-15-12/h4-5,8-9H,2-3,6-7H2,1H3,(H2,14,15)/t8-,9?/m1/s1. The number of aromatic nitrogens is 1. The van der Waals surface area contributed by atoms with Crippen LogP contribution in [0.15, 0.2) is 12.3 Å². The molecule has 0 spiro atoms. The summed E-state index contributed by atoms with van der Waals surface area (Å²) in [6.45, 7) is 2.22. The average Bonchev–Trinajstić information content (AvgIpc) is 2.55. The Hall–Kier alpha value is -1.00. The van der Waals surface area contributed by atoms with E-state index in [1.165, 1.54) is 12.8 Å². The summed E-state index contributed by atoms with van der Waals surface area (Å²) < 4.78 is 0. The first-order chi connectivity index (χ1) is 8.15. The minimum Gasteiger partial charge on any atom is -0.397 e. The monoisotopic (exact) mass is 252 g/mol. The van der Waals surface area contributed by atoms with Crippen molar-refractivity contribution in [1.29, 1.82) is 0 Å². The van der Waals surface area contributed by atoms with Gasteiger partial charge in [-0.15, -0.1) is 0 Å². The average molecular weight is 253 g/mol. The molecule has 3 rings (SSSR count). The third-order valence-electron chi connectivity index (χ3n) is 3.80. The fourth-order valence-corrected chi connectivity index (χ4v) is 3.17. The molecule has 2 fully saturated rings. The minimum absolute atomic E-state index is 0.537. The van der Waals surface area contributed by atoms with Crippen molar-refractivity contribution in [1.82, 2.24) is 9.88 Å². The zero-order valence-corrected chi connectivity index (χ0v) is 10.7. The van der Waals surface area contributed by atoms with Gasteiger partial charge in [-0.3, -0.25) is 0 Å². The van der Waals surface area contributed by atoms with Gasteiger partial charge in [0.2, 0.25) is 0 Å². The third kappa shape index (κ3) is 1.85. The molecule has 0 aliphatic carbocycles. The number of piperazine rings is 1. The summed E-state index contributed by atoms with van der Waals surface area (Å²) in [6, 6.07) is 3.05. The summed E-state index contributed by atoms with van der Waals surface area (Å²) >= 11 is 5.92. The molecule has 1 aromatic heterocycles. The zero-order valence-electron chi connectivity index (χ0n) is 9.93. The van der Waals surface area contributed by atoms with Gasteiger partial charge in [-0.25, -0.2) is 4.98 Å². The van der Waals surface area contributed by atoms with Crippen LogP contribution in [0.5, 0.6) is 0 Å². The number of anilines is 2. The minimum atomic E-state index is 0.537. The number of nitrogen functional groups attached to an aromatic ring is 1. The molecule has 17 heavy (non-hydrogen) atoms. The first-order valence-electron chi connectivity index (χ1n) is 6.03. The third-order valence-corrected chi connectivity index (χ3v) is 4.12. The van der Waals surface area contributed by atoms with Crippen LogP contribution >= 0.6 is 11.6 Å². The molecule has 0 amide bonds. The molecule has 2 N–H and O–H groups in total. The van der Waals surface area contributed by atoms with E-state index in [9.17, 15) is 0 Å². The first kappa shape index (κ1) is 11.1. The number of halogens is 1. The number of fused-ring (bicyclic) bond motifs is 2. The van der Waals surface area contributed by atoms with Gasteiger partial charge in [-0.1, -0.05) is 11.6 Å². The van der Waals surface area contributed by atoms with Crippen molar-refractivity contribution in [3.05, 3.63) is 17.3 Å². The fraction of sp³-hybridized carbons (Fsp3) is 0.583. The number of nitrogens with two attached hydrogens (primary N) is 1. The van der Waals surface area contributed by atoms with Gasteiger partial charge in [-0.2, -0.15) is 0 Å². The Labute approximate surface area is 106 Å². The first-order valence-corrected chi connectivity index (χ1v) is 6.41. The van der Waals surface area contributed by atoms with Crippen molar-refractivity contribution >= 4 is 23.1 Å². The lowest BCUT2D eigenvalue weighted by atomic mass is 10.2. The van der Waals surface area contributed by atoms with Crippen LogP contribution in [0.3, 0.4) is 0 Å². The Morgan fingerprint density at radius 3 is 2.59 bits per heavy atom. The molecule has 2 atom stereocenters. The number of rotatable bonds is 1. The van der Waals surface area contributed by atoms with Gasteiger partial charge < -0.3 is 15.5 Å². The van der Waals surface area contributed by atoms with Gasteiger partial charge in [0, 0.05) is 37.4 Å². The zero-order chi connectivity index (χ0) is 12.0. The number of nitrogens with zero attached hydrogens (tertiary/aromatic N) is 3. The van der Waals surface area contributed by atoms with E-state index < -0.39 is 0 Å². The van der Waals surface area contributed by atoms with E-state index >= 15 is 0 Å². The normalized spacial score (nSPS) is 28.7. The van der Waals surface area contributed by atoms with Crippen LogP contribution in [0.25, 0.3) is 0 Å². The quantitative estimate of drug-likeness (QED) is 0.825. The number of pyridine rings is 1. The summed E-state index contributed by atoms with van der Waals surface area (Å²) in [5, 5.41) is 0.537. The lowest BCUT2D eigenvalue weighted by Gasteiger charge is -2.40. The molecule has 0 aromatic carbocycles. The summed E-state index contributed by atoms with van der Waals surface area (Å²) in [4.78, 5) is 9.25. The van der Waals surface area contributed by atoms with E-state index in [-0.39, 0.29) is 0 Å². The summed E-state index contributed by atoms with van der Waals surface area (Å²) in [6.07, 6.45) is 4.16. The second-order valence-corrected chi connectivity index (χ2v) is 5.48. The van der Waals surface area contributed by atoms with Crippen molar-refractivity contribution in [3.63, 3.8) is 0 Å². The Morgan fingerprint density at radius 2 is 2.00 bits per heavy atom. The lowest BCUT2D eigenvalue weighted by Crippen LogP contribution is -2.52. The second-order valence-electron chi connectivity index (χ2n) is 5.08. The van der Waals surface area contributed by atoms with Gasteiger partial charge in [0.15, 0.2) is 0 Å². The van der Waals surface area contributed by atoms with Crippen molar-refractivity contribution in [3.8, 4) is 0 Å². The van der Waals surface area contributed by atoms with Crippen molar-refractivity contribution in [2.24, 2.45) is 0 Å². The van der Waals surface area contributed by atoms with Gasteiger partial charge in [-0.05, 0) is 19.9 Å². The van der Waals surface area contributed by atoms with Gasteiger partial charge in [0.25, 0.3) is 0 Å². The highest BCUT2D eigenvalue weighted by Crippen LogP contribution is 2.34. The van der Waals surface area contributed by atoms with E-state index in [0.29, 0.717) is 22.8 Å². The van der Waals surface area contributed by atoms with Crippen LogP contribution in [0.4, 0.5) is 11.5 Å². The van der Waals surface area contributed by atoms with E-state index in [1.807, 2.05) is 6.07 Å². The van der Waals surface area contributed by atoms with Crippen LogP contribution in [-0.4, -0.2) is 42.1 Å². The van der Waals surface area contributed by atoms with E-state index in [1.54, 1.807) is 6.20 Å². The number of hydrogen-bond donors (Lipinski definition) is 1. The Balaban J connectivity index is 1.92. The topological polar surface area (TPSA) is 45.4 Å². The largest absolute Gasteiger partial charge is 0.397 e. The Bertz CT molecular complexity index is 423. The molecule has 5 heteroatoms. The van der Waals surface area contributed by atoms with Crippen LogP contribution in [0.1, 0.15) is 12.8 Å².